The molecule has 0 bridgehead atoms. The molecule has 3 nitrogen and oxygen atoms in total. The number of aromatic nitrogens is 3. The van der Waals surface area contributed by atoms with Gasteiger partial charge in [-0.25, -0.2) is 9.07 Å². The van der Waals surface area contributed by atoms with E-state index in [-0.39, 0.29) is 5.02 Å². The molecular weight excluding hydrogens is 261 g/mol. The summed E-state index contributed by atoms with van der Waals surface area (Å²) >= 11 is 7.68. The number of thioether (sulfide) groups is 1. The van der Waals surface area contributed by atoms with Crippen molar-refractivity contribution in [2.24, 2.45) is 0 Å². The first-order valence-electron chi connectivity index (χ1n) is 5.53. The van der Waals surface area contributed by atoms with Crippen LogP contribution < -0.4 is 0 Å². The Hall–Kier alpha value is -0.810. The topological polar surface area (TPSA) is 30.7 Å². The molecule has 0 unspecified atom stereocenters. The van der Waals surface area contributed by atoms with Gasteiger partial charge in [-0.2, -0.15) is 11.8 Å². The minimum atomic E-state index is -0.409. The van der Waals surface area contributed by atoms with Crippen LogP contribution in [0.15, 0.2) is 12.1 Å². The smallest absolute Gasteiger partial charge is 0.144 e. The molecule has 3 rings (SSSR count). The Bertz CT molecular complexity index is 551. The number of hydrogen-bond donors (Lipinski definition) is 0. The van der Waals surface area contributed by atoms with E-state index < -0.39 is 5.82 Å². The van der Waals surface area contributed by atoms with Crippen molar-refractivity contribution in [3.8, 4) is 0 Å². The van der Waals surface area contributed by atoms with Gasteiger partial charge in [0.1, 0.15) is 11.3 Å². The molecule has 0 aliphatic carbocycles. The second-order valence-corrected chi connectivity index (χ2v) is 5.76. The van der Waals surface area contributed by atoms with Gasteiger partial charge in [-0.05, 0) is 30.4 Å². The SMILES string of the molecule is Fc1cc2c(cc1Cl)nnn2C1CCSCC1. The Labute approximate surface area is 107 Å². The molecule has 0 amide bonds. The third kappa shape index (κ3) is 2.02. The lowest BCUT2D eigenvalue weighted by Crippen LogP contribution is -2.16. The zero-order valence-electron chi connectivity index (χ0n) is 9.07. The quantitative estimate of drug-likeness (QED) is 0.797. The van der Waals surface area contributed by atoms with E-state index in [1.807, 2.05) is 16.4 Å². The van der Waals surface area contributed by atoms with Gasteiger partial charge in [0.05, 0.1) is 16.6 Å². The maximum absolute atomic E-state index is 13.5. The van der Waals surface area contributed by atoms with Crippen molar-refractivity contribution in [3.63, 3.8) is 0 Å². The average Bonchev–Trinajstić information content (AvgIpc) is 2.74. The fourth-order valence-electron chi connectivity index (χ4n) is 2.13. The van der Waals surface area contributed by atoms with Gasteiger partial charge < -0.3 is 0 Å². The van der Waals surface area contributed by atoms with E-state index in [4.69, 9.17) is 11.6 Å². The number of hydrogen-bond acceptors (Lipinski definition) is 3. The number of rotatable bonds is 1. The van der Waals surface area contributed by atoms with Crippen LogP contribution in [0.5, 0.6) is 0 Å². The molecule has 2 heterocycles. The van der Waals surface area contributed by atoms with Crippen molar-refractivity contribution < 1.29 is 4.39 Å². The van der Waals surface area contributed by atoms with Crippen molar-refractivity contribution in [1.82, 2.24) is 15.0 Å². The molecule has 17 heavy (non-hydrogen) atoms. The first-order chi connectivity index (χ1) is 8.25. The maximum atomic E-state index is 13.5. The van der Waals surface area contributed by atoms with Crippen LogP contribution in [0, 0.1) is 5.82 Å². The average molecular weight is 272 g/mol. The zero-order chi connectivity index (χ0) is 11.8. The van der Waals surface area contributed by atoms with Gasteiger partial charge in [0, 0.05) is 6.07 Å². The van der Waals surface area contributed by atoms with Crippen LogP contribution in [0.3, 0.4) is 0 Å². The maximum Gasteiger partial charge on any atom is 0.144 e. The summed E-state index contributed by atoms with van der Waals surface area (Å²) < 4.78 is 15.3. The summed E-state index contributed by atoms with van der Waals surface area (Å²) in [7, 11) is 0. The molecule has 1 fully saturated rings. The Balaban J connectivity index is 2.07. The Morgan fingerprint density at radius 3 is 2.88 bits per heavy atom. The van der Waals surface area contributed by atoms with Gasteiger partial charge in [-0.15, -0.1) is 5.10 Å². The lowest BCUT2D eigenvalue weighted by Gasteiger charge is -2.21. The molecule has 1 saturated heterocycles. The molecule has 0 radical (unpaired) electrons. The fourth-order valence-corrected chi connectivity index (χ4v) is 3.37. The number of nitrogens with zero attached hydrogens (tertiary/aromatic N) is 3. The van der Waals surface area contributed by atoms with E-state index in [2.05, 4.69) is 10.3 Å². The third-order valence-corrected chi connectivity index (χ3v) is 4.39. The van der Waals surface area contributed by atoms with Crippen LogP contribution in [0.4, 0.5) is 4.39 Å². The second kappa shape index (κ2) is 4.46. The van der Waals surface area contributed by atoms with E-state index in [0.717, 1.165) is 29.9 Å². The standard InChI is InChI=1S/C11H11ClFN3S/c12-8-5-10-11(6-9(8)13)16(15-14-10)7-1-3-17-4-2-7/h5-7H,1-4H2. The second-order valence-electron chi connectivity index (χ2n) is 4.13. The summed E-state index contributed by atoms with van der Waals surface area (Å²) in [6, 6.07) is 3.30. The van der Waals surface area contributed by atoms with Crippen LogP contribution >= 0.6 is 23.4 Å². The summed E-state index contributed by atoms with van der Waals surface area (Å²) in [5.74, 6) is 1.84. The number of halogens is 2. The van der Waals surface area contributed by atoms with Crippen molar-refractivity contribution >= 4 is 34.4 Å². The van der Waals surface area contributed by atoms with Crippen molar-refractivity contribution in [2.45, 2.75) is 18.9 Å². The van der Waals surface area contributed by atoms with Crippen LogP contribution in [-0.4, -0.2) is 26.5 Å². The van der Waals surface area contributed by atoms with Gasteiger partial charge in [-0.3, -0.25) is 0 Å². The van der Waals surface area contributed by atoms with E-state index >= 15 is 0 Å². The van der Waals surface area contributed by atoms with Crippen molar-refractivity contribution in [3.05, 3.63) is 23.0 Å². The summed E-state index contributed by atoms with van der Waals surface area (Å²) in [4.78, 5) is 0. The molecule has 0 N–H and O–H groups in total. The van der Waals surface area contributed by atoms with Gasteiger partial charge >= 0.3 is 0 Å². The van der Waals surface area contributed by atoms with Crippen molar-refractivity contribution in [2.75, 3.05) is 11.5 Å². The highest BCUT2D eigenvalue weighted by Gasteiger charge is 2.19. The third-order valence-electron chi connectivity index (χ3n) is 3.05. The molecule has 90 valence electrons. The first-order valence-corrected chi connectivity index (χ1v) is 7.06. The van der Waals surface area contributed by atoms with Gasteiger partial charge in [0.15, 0.2) is 0 Å². The van der Waals surface area contributed by atoms with Crippen molar-refractivity contribution in [1.29, 1.82) is 0 Å². The Morgan fingerprint density at radius 1 is 1.35 bits per heavy atom. The summed E-state index contributed by atoms with van der Waals surface area (Å²) in [6.07, 6.45) is 2.13. The summed E-state index contributed by atoms with van der Waals surface area (Å²) in [5, 5.41) is 8.28. The minimum absolute atomic E-state index is 0.101. The largest absolute Gasteiger partial charge is 0.241 e. The zero-order valence-corrected chi connectivity index (χ0v) is 10.6. The Kier molecular flexibility index (Phi) is 2.96. The van der Waals surface area contributed by atoms with E-state index in [9.17, 15) is 4.39 Å². The van der Waals surface area contributed by atoms with E-state index in [1.165, 1.54) is 12.1 Å². The Morgan fingerprint density at radius 2 is 2.12 bits per heavy atom. The normalized spacial score (nSPS) is 17.8. The van der Waals surface area contributed by atoms with Crippen LogP contribution in [0.1, 0.15) is 18.9 Å². The van der Waals surface area contributed by atoms with E-state index in [0.29, 0.717) is 11.6 Å². The predicted octanol–water partition coefficient (Wildman–Crippen LogP) is 3.29. The molecule has 1 aliphatic rings. The molecular formula is C11H11ClFN3S. The van der Waals surface area contributed by atoms with Gasteiger partial charge in [0.2, 0.25) is 0 Å². The lowest BCUT2D eigenvalue weighted by molar-refractivity contribution is 0.428. The molecule has 6 heteroatoms. The highest BCUT2D eigenvalue weighted by Crippen LogP contribution is 2.30. The van der Waals surface area contributed by atoms with Gasteiger partial charge in [-0.1, -0.05) is 16.8 Å². The fraction of sp³-hybridized carbons (Fsp3) is 0.455. The summed E-state index contributed by atoms with van der Waals surface area (Å²) in [6.45, 7) is 0. The summed E-state index contributed by atoms with van der Waals surface area (Å²) in [5.41, 5.74) is 1.40. The van der Waals surface area contributed by atoms with Gasteiger partial charge in [0.25, 0.3) is 0 Å². The number of fused-ring (bicyclic) bond motifs is 1. The monoisotopic (exact) mass is 271 g/mol. The molecule has 1 aliphatic heterocycles. The van der Waals surface area contributed by atoms with E-state index in [1.54, 1.807) is 0 Å². The molecule has 1 aromatic carbocycles. The molecule has 0 atom stereocenters. The molecule has 1 aromatic heterocycles. The van der Waals surface area contributed by atoms with Crippen LogP contribution in [0.2, 0.25) is 5.02 Å². The molecule has 0 saturated carbocycles. The highest BCUT2D eigenvalue weighted by molar-refractivity contribution is 7.99. The lowest BCUT2D eigenvalue weighted by atomic mass is 10.1. The minimum Gasteiger partial charge on any atom is -0.241 e. The van der Waals surface area contributed by atoms with Crippen LogP contribution in [-0.2, 0) is 0 Å². The molecule has 2 aromatic rings. The number of benzene rings is 1. The van der Waals surface area contributed by atoms with Crippen LogP contribution in [0.25, 0.3) is 11.0 Å². The molecule has 0 spiro atoms. The highest BCUT2D eigenvalue weighted by atomic mass is 35.5. The predicted molar refractivity (Wildman–Crippen MR) is 68.1 cm³/mol. The first kappa shape index (κ1) is 11.3.